The Bertz CT molecular complexity index is 624. The summed E-state index contributed by atoms with van der Waals surface area (Å²) in [7, 11) is 0. The zero-order chi connectivity index (χ0) is 13.8. The van der Waals surface area contributed by atoms with Crippen LogP contribution >= 0.6 is 0 Å². The molecule has 0 aromatic heterocycles. The highest BCUT2D eigenvalue weighted by molar-refractivity contribution is 5.75. The van der Waals surface area contributed by atoms with Gasteiger partial charge in [-0.1, -0.05) is 32.0 Å². The van der Waals surface area contributed by atoms with Crippen molar-refractivity contribution >= 4 is 17.1 Å². The molecule has 0 amide bonds. The SMILES string of the molecule is CC(C)c1ccccc1Nc1ccc(C#N)cc1N. The highest BCUT2D eigenvalue weighted by Gasteiger charge is 2.07. The lowest BCUT2D eigenvalue weighted by Gasteiger charge is -2.15. The number of nitrogens with one attached hydrogen (secondary N) is 1. The van der Waals surface area contributed by atoms with Crippen LogP contribution in [0.2, 0.25) is 0 Å². The molecule has 0 aliphatic carbocycles. The molecule has 0 atom stereocenters. The minimum absolute atomic E-state index is 0.434. The summed E-state index contributed by atoms with van der Waals surface area (Å²) in [5, 5.41) is 12.2. The molecule has 0 aliphatic heterocycles. The molecule has 2 rings (SSSR count). The molecule has 3 nitrogen and oxygen atoms in total. The van der Waals surface area contributed by atoms with Crippen LogP contribution in [0.1, 0.15) is 30.9 Å². The number of rotatable bonds is 3. The van der Waals surface area contributed by atoms with Gasteiger partial charge in [0.15, 0.2) is 0 Å². The Morgan fingerprint density at radius 1 is 1.11 bits per heavy atom. The van der Waals surface area contributed by atoms with E-state index in [9.17, 15) is 0 Å². The highest BCUT2D eigenvalue weighted by atomic mass is 14.9. The molecule has 0 unspecified atom stereocenters. The Kier molecular flexibility index (Phi) is 3.72. The fourth-order valence-corrected chi connectivity index (χ4v) is 2.01. The zero-order valence-corrected chi connectivity index (χ0v) is 11.1. The van der Waals surface area contributed by atoms with Gasteiger partial charge < -0.3 is 11.1 Å². The average Bonchev–Trinajstić information content (AvgIpc) is 2.41. The van der Waals surface area contributed by atoms with Crippen LogP contribution in [0.4, 0.5) is 17.1 Å². The smallest absolute Gasteiger partial charge is 0.0992 e. The summed E-state index contributed by atoms with van der Waals surface area (Å²) in [6, 6.07) is 15.5. The highest BCUT2D eigenvalue weighted by Crippen LogP contribution is 2.29. The monoisotopic (exact) mass is 251 g/mol. The number of benzene rings is 2. The standard InChI is InChI=1S/C16H17N3/c1-11(2)13-5-3-4-6-15(13)19-16-8-7-12(10-17)9-14(16)18/h3-9,11,19H,18H2,1-2H3. The van der Waals surface area contributed by atoms with Gasteiger partial charge in [0.1, 0.15) is 0 Å². The Hall–Kier alpha value is -2.47. The minimum atomic E-state index is 0.434. The molecule has 0 aliphatic rings. The summed E-state index contributed by atoms with van der Waals surface area (Å²) in [5.74, 6) is 0.434. The first-order chi connectivity index (χ1) is 9.11. The first-order valence-corrected chi connectivity index (χ1v) is 6.27. The van der Waals surface area contributed by atoms with E-state index in [1.54, 1.807) is 12.1 Å². The molecule has 2 aromatic carbocycles. The third-order valence-electron chi connectivity index (χ3n) is 3.03. The Labute approximate surface area is 113 Å². The van der Waals surface area contributed by atoms with Gasteiger partial charge in [0.05, 0.1) is 23.0 Å². The maximum absolute atomic E-state index is 8.83. The minimum Gasteiger partial charge on any atom is -0.397 e. The van der Waals surface area contributed by atoms with Gasteiger partial charge >= 0.3 is 0 Å². The predicted molar refractivity (Wildman–Crippen MR) is 79.4 cm³/mol. The van der Waals surface area contributed by atoms with E-state index in [4.69, 9.17) is 11.0 Å². The van der Waals surface area contributed by atoms with Crippen molar-refractivity contribution in [3.63, 3.8) is 0 Å². The van der Waals surface area contributed by atoms with Gasteiger partial charge in [0.25, 0.3) is 0 Å². The molecule has 2 aromatic rings. The molecule has 3 heteroatoms. The Morgan fingerprint density at radius 3 is 2.47 bits per heavy atom. The molecule has 3 N–H and O–H groups in total. The van der Waals surface area contributed by atoms with E-state index in [2.05, 4.69) is 31.3 Å². The second kappa shape index (κ2) is 5.45. The molecule has 96 valence electrons. The molecule has 0 fully saturated rings. The van der Waals surface area contributed by atoms with Gasteiger partial charge in [-0.3, -0.25) is 0 Å². The van der Waals surface area contributed by atoms with E-state index in [1.165, 1.54) is 5.56 Å². The van der Waals surface area contributed by atoms with Crippen molar-refractivity contribution in [2.75, 3.05) is 11.1 Å². The number of nitrogen functional groups attached to an aromatic ring is 1. The maximum Gasteiger partial charge on any atom is 0.0992 e. The lowest BCUT2D eigenvalue weighted by atomic mass is 10.0. The van der Waals surface area contributed by atoms with Crippen molar-refractivity contribution in [3.8, 4) is 6.07 Å². The number of nitriles is 1. The van der Waals surface area contributed by atoms with Crippen LogP contribution in [0, 0.1) is 11.3 Å². The van der Waals surface area contributed by atoms with E-state index < -0.39 is 0 Å². The lowest BCUT2D eigenvalue weighted by molar-refractivity contribution is 0.869. The molecule has 0 saturated carbocycles. The first-order valence-electron chi connectivity index (χ1n) is 6.27. The van der Waals surface area contributed by atoms with Crippen LogP contribution in [-0.4, -0.2) is 0 Å². The van der Waals surface area contributed by atoms with Crippen molar-refractivity contribution < 1.29 is 0 Å². The summed E-state index contributed by atoms with van der Waals surface area (Å²) >= 11 is 0. The first kappa shape index (κ1) is 13.0. The van der Waals surface area contributed by atoms with E-state index in [0.29, 0.717) is 17.2 Å². The number of nitrogens with zero attached hydrogens (tertiary/aromatic N) is 1. The van der Waals surface area contributed by atoms with Crippen LogP contribution in [-0.2, 0) is 0 Å². The largest absolute Gasteiger partial charge is 0.397 e. The van der Waals surface area contributed by atoms with Gasteiger partial charge in [-0.25, -0.2) is 0 Å². The normalized spacial score (nSPS) is 10.2. The van der Waals surface area contributed by atoms with Crippen molar-refractivity contribution in [1.29, 1.82) is 5.26 Å². The Balaban J connectivity index is 2.34. The van der Waals surface area contributed by atoms with Crippen molar-refractivity contribution in [3.05, 3.63) is 53.6 Å². The lowest BCUT2D eigenvalue weighted by Crippen LogP contribution is -2.00. The van der Waals surface area contributed by atoms with Gasteiger partial charge in [-0.05, 0) is 35.7 Å². The third-order valence-corrected chi connectivity index (χ3v) is 3.03. The van der Waals surface area contributed by atoms with Gasteiger partial charge in [-0.15, -0.1) is 0 Å². The van der Waals surface area contributed by atoms with Gasteiger partial charge in [0.2, 0.25) is 0 Å². The summed E-state index contributed by atoms with van der Waals surface area (Å²) in [6.45, 7) is 4.31. The number of anilines is 3. The van der Waals surface area contributed by atoms with E-state index >= 15 is 0 Å². The molecule has 0 heterocycles. The summed E-state index contributed by atoms with van der Waals surface area (Å²) in [6.07, 6.45) is 0. The van der Waals surface area contributed by atoms with E-state index in [1.807, 2.05) is 24.3 Å². The third kappa shape index (κ3) is 2.86. The fourth-order valence-electron chi connectivity index (χ4n) is 2.01. The molecule has 0 radical (unpaired) electrons. The molecule has 0 bridgehead atoms. The Morgan fingerprint density at radius 2 is 1.84 bits per heavy atom. The van der Waals surface area contributed by atoms with Gasteiger partial charge in [-0.2, -0.15) is 5.26 Å². The second-order valence-electron chi connectivity index (χ2n) is 4.78. The van der Waals surface area contributed by atoms with Crippen molar-refractivity contribution in [2.45, 2.75) is 19.8 Å². The number of para-hydroxylation sites is 1. The fraction of sp³-hybridized carbons (Fsp3) is 0.188. The molecule has 19 heavy (non-hydrogen) atoms. The molecular weight excluding hydrogens is 234 g/mol. The van der Waals surface area contributed by atoms with Crippen LogP contribution < -0.4 is 11.1 Å². The number of hydrogen-bond acceptors (Lipinski definition) is 3. The van der Waals surface area contributed by atoms with Gasteiger partial charge in [0, 0.05) is 5.69 Å². The maximum atomic E-state index is 8.83. The topological polar surface area (TPSA) is 61.8 Å². The zero-order valence-electron chi connectivity index (χ0n) is 11.1. The van der Waals surface area contributed by atoms with Crippen LogP contribution in [0.25, 0.3) is 0 Å². The van der Waals surface area contributed by atoms with Crippen LogP contribution in [0.5, 0.6) is 0 Å². The number of nitrogens with two attached hydrogens (primary N) is 1. The summed E-state index contributed by atoms with van der Waals surface area (Å²) < 4.78 is 0. The van der Waals surface area contributed by atoms with E-state index in [-0.39, 0.29) is 0 Å². The van der Waals surface area contributed by atoms with E-state index in [0.717, 1.165) is 11.4 Å². The summed E-state index contributed by atoms with van der Waals surface area (Å²) in [5.41, 5.74) is 10.2. The number of hydrogen-bond donors (Lipinski definition) is 2. The van der Waals surface area contributed by atoms with Crippen LogP contribution in [0.3, 0.4) is 0 Å². The molecule has 0 saturated heterocycles. The molecular formula is C16H17N3. The van der Waals surface area contributed by atoms with Crippen LogP contribution in [0.15, 0.2) is 42.5 Å². The summed E-state index contributed by atoms with van der Waals surface area (Å²) in [4.78, 5) is 0. The predicted octanol–water partition coefficient (Wildman–Crippen LogP) is 4.01. The average molecular weight is 251 g/mol. The second-order valence-corrected chi connectivity index (χ2v) is 4.78. The molecule has 0 spiro atoms. The quantitative estimate of drug-likeness (QED) is 0.810. The van der Waals surface area contributed by atoms with Crippen molar-refractivity contribution in [1.82, 2.24) is 0 Å². The van der Waals surface area contributed by atoms with Crippen molar-refractivity contribution in [2.24, 2.45) is 0 Å².